The quantitative estimate of drug-likeness (QED) is 0.763. The highest BCUT2D eigenvalue weighted by molar-refractivity contribution is 6.08. The number of likely N-dealkylation sites (N-methyl/N-ethyl adjacent to an activating group) is 1. The standard InChI is InChI=1S/C15H24N4/c1-5-14(15-8-6-7-9-17-15)12-18-13(2)16-10-11-19(3)4/h5-9,12-13,16H,10-11H2,1-4H3/b14-5+,18-12-. The van der Waals surface area contributed by atoms with Crippen LogP contribution in [0.3, 0.4) is 0 Å². The number of allylic oxidation sites excluding steroid dienone is 2. The van der Waals surface area contributed by atoms with Crippen molar-refractivity contribution in [3.63, 3.8) is 0 Å². The molecule has 4 heteroatoms. The van der Waals surface area contributed by atoms with Crippen LogP contribution in [0.2, 0.25) is 0 Å². The molecule has 0 bridgehead atoms. The van der Waals surface area contributed by atoms with Gasteiger partial charge in [0.25, 0.3) is 0 Å². The van der Waals surface area contributed by atoms with Crippen molar-refractivity contribution < 1.29 is 0 Å². The number of aromatic nitrogens is 1. The number of nitrogens with one attached hydrogen (secondary N) is 1. The van der Waals surface area contributed by atoms with E-state index in [1.165, 1.54) is 0 Å². The van der Waals surface area contributed by atoms with Gasteiger partial charge in [-0.25, -0.2) is 0 Å². The van der Waals surface area contributed by atoms with Crippen molar-refractivity contribution in [1.29, 1.82) is 0 Å². The third-order valence-electron chi connectivity index (χ3n) is 2.71. The smallest absolute Gasteiger partial charge is 0.0966 e. The number of hydrogen-bond donors (Lipinski definition) is 1. The fourth-order valence-electron chi connectivity index (χ4n) is 1.56. The van der Waals surface area contributed by atoms with E-state index in [0.29, 0.717) is 0 Å². The lowest BCUT2D eigenvalue weighted by molar-refractivity contribution is 0.389. The molecule has 104 valence electrons. The summed E-state index contributed by atoms with van der Waals surface area (Å²) in [6.45, 7) is 5.99. The van der Waals surface area contributed by atoms with Crippen LogP contribution in [0.1, 0.15) is 19.5 Å². The molecule has 1 atom stereocenters. The molecule has 1 rings (SSSR count). The zero-order chi connectivity index (χ0) is 14.1. The zero-order valence-electron chi connectivity index (χ0n) is 12.3. The zero-order valence-corrected chi connectivity index (χ0v) is 12.3. The summed E-state index contributed by atoms with van der Waals surface area (Å²) in [5.41, 5.74) is 2.00. The number of rotatable bonds is 7. The van der Waals surface area contributed by atoms with Crippen molar-refractivity contribution in [3.05, 3.63) is 36.2 Å². The molecule has 1 aromatic rings. The molecule has 0 saturated carbocycles. The van der Waals surface area contributed by atoms with Gasteiger partial charge in [-0.05, 0) is 40.1 Å². The number of pyridine rings is 1. The van der Waals surface area contributed by atoms with E-state index in [1.54, 1.807) is 6.20 Å². The normalized spacial score (nSPS) is 14.3. The van der Waals surface area contributed by atoms with Crippen molar-refractivity contribution in [2.45, 2.75) is 20.0 Å². The van der Waals surface area contributed by atoms with E-state index in [0.717, 1.165) is 24.4 Å². The van der Waals surface area contributed by atoms with E-state index in [-0.39, 0.29) is 6.17 Å². The van der Waals surface area contributed by atoms with Crippen molar-refractivity contribution in [2.24, 2.45) is 4.99 Å². The Labute approximate surface area is 116 Å². The molecule has 1 unspecified atom stereocenters. The molecule has 19 heavy (non-hydrogen) atoms. The van der Waals surface area contributed by atoms with Gasteiger partial charge in [0.2, 0.25) is 0 Å². The van der Waals surface area contributed by atoms with Crippen molar-refractivity contribution in [1.82, 2.24) is 15.2 Å². The highest BCUT2D eigenvalue weighted by Crippen LogP contribution is 2.08. The molecule has 4 nitrogen and oxygen atoms in total. The van der Waals surface area contributed by atoms with Gasteiger partial charge in [0.05, 0.1) is 11.9 Å². The molecule has 0 saturated heterocycles. The van der Waals surface area contributed by atoms with Crippen LogP contribution in [-0.2, 0) is 0 Å². The SMILES string of the molecule is C/C=C(\C=N/C(C)NCCN(C)C)c1ccccn1. The number of aliphatic imine (C=N–C) groups is 1. The van der Waals surface area contributed by atoms with E-state index in [1.807, 2.05) is 37.4 Å². The second-order valence-electron chi connectivity index (χ2n) is 4.67. The van der Waals surface area contributed by atoms with Crippen LogP contribution < -0.4 is 5.32 Å². The predicted molar refractivity (Wildman–Crippen MR) is 82.4 cm³/mol. The average Bonchev–Trinajstić information content (AvgIpc) is 2.40. The minimum absolute atomic E-state index is 0.110. The van der Waals surface area contributed by atoms with Gasteiger partial charge in [-0.15, -0.1) is 0 Å². The fraction of sp³-hybridized carbons (Fsp3) is 0.467. The van der Waals surface area contributed by atoms with Crippen LogP contribution in [0.4, 0.5) is 0 Å². The minimum atomic E-state index is 0.110. The molecule has 1 heterocycles. The monoisotopic (exact) mass is 260 g/mol. The third-order valence-corrected chi connectivity index (χ3v) is 2.71. The van der Waals surface area contributed by atoms with Crippen LogP contribution in [0.25, 0.3) is 5.57 Å². The Morgan fingerprint density at radius 2 is 2.26 bits per heavy atom. The molecule has 0 aliphatic carbocycles. The maximum Gasteiger partial charge on any atom is 0.0966 e. The van der Waals surface area contributed by atoms with E-state index in [9.17, 15) is 0 Å². The van der Waals surface area contributed by atoms with E-state index < -0.39 is 0 Å². The molecule has 0 aliphatic rings. The maximum absolute atomic E-state index is 4.51. The highest BCUT2D eigenvalue weighted by Gasteiger charge is 2.00. The molecular weight excluding hydrogens is 236 g/mol. The summed E-state index contributed by atoms with van der Waals surface area (Å²) in [6.07, 6.45) is 5.82. The lowest BCUT2D eigenvalue weighted by atomic mass is 10.2. The first-order valence-corrected chi connectivity index (χ1v) is 6.62. The lowest BCUT2D eigenvalue weighted by Gasteiger charge is -2.13. The van der Waals surface area contributed by atoms with Crippen LogP contribution in [-0.4, -0.2) is 49.4 Å². The topological polar surface area (TPSA) is 40.5 Å². The predicted octanol–water partition coefficient (Wildman–Crippen LogP) is 2.05. The van der Waals surface area contributed by atoms with Gasteiger partial charge >= 0.3 is 0 Å². The van der Waals surface area contributed by atoms with Crippen LogP contribution in [0.15, 0.2) is 35.5 Å². The molecule has 0 radical (unpaired) electrons. The van der Waals surface area contributed by atoms with Gasteiger partial charge in [-0.3, -0.25) is 15.3 Å². The first-order valence-electron chi connectivity index (χ1n) is 6.62. The van der Waals surface area contributed by atoms with E-state index >= 15 is 0 Å². The van der Waals surface area contributed by atoms with Gasteiger partial charge in [-0.1, -0.05) is 12.1 Å². The number of nitrogens with zero attached hydrogens (tertiary/aromatic N) is 3. The van der Waals surface area contributed by atoms with E-state index in [2.05, 4.69) is 41.2 Å². The van der Waals surface area contributed by atoms with E-state index in [4.69, 9.17) is 0 Å². The summed E-state index contributed by atoms with van der Waals surface area (Å²) in [4.78, 5) is 11.0. The Balaban J connectivity index is 2.50. The summed E-state index contributed by atoms with van der Waals surface area (Å²) >= 11 is 0. The Bertz CT molecular complexity index is 409. The summed E-state index contributed by atoms with van der Waals surface area (Å²) in [5.74, 6) is 0. The number of hydrogen-bond acceptors (Lipinski definition) is 4. The van der Waals surface area contributed by atoms with Crippen LogP contribution in [0, 0.1) is 0 Å². The second kappa shape index (κ2) is 8.56. The largest absolute Gasteiger partial charge is 0.308 e. The van der Waals surface area contributed by atoms with Gasteiger partial charge < -0.3 is 4.90 Å². The molecule has 0 amide bonds. The Hall–Kier alpha value is -1.52. The molecule has 1 N–H and O–H groups in total. The van der Waals surface area contributed by atoms with Crippen LogP contribution >= 0.6 is 0 Å². The van der Waals surface area contributed by atoms with Crippen molar-refractivity contribution >= 4 is 11.8 Å². The molecule has 0 spiro atoms. The molecule has 0 aromatic carbocycles. The van der Waals surface area contributed by atoms with Gasteiger partial charge in [-0.2, -0.15) is 0 Å². The van der Waals surface area contributed by atoms with Gasteiger partial charge in [0, 0.05) is 31.1 Å². The fourth-order valence-corrected chi connectivity index (χ4v) is 1.56. The summed E-state index contributed by atoms with van der Waals surface area (Å²) in [6, 6.07) is 5.89. The molecule has 0 aliphatic heterocycles. The lowest BCUT2D eigenvalue weighted by Crippen LogP contribution is -2.31. The average molecular weight is 260 g/mol. The summed E-state index contributed by atoms with van der Waals surface area (Å²) < 4.78 is 0. The second-order valence-corrected chi connectivity index (χ2v) is 4.67. The Kier molecular flexibility index (Phi) is 7.00. The summed E-state index contributed by atoms with van der Waals surface area (Å²) in [7, 11) is 4.13. The molecular formula is C15H24N4. The first-order chi connectivity index (χ1) is 9.13. The molecule has 0 fully saturated rings. The first kappa shape index (κ1) is 15.5. The Morgan fingerprint density at radius 3 is 2.84 bits per heavy atom. The van der Waals surface area contributed by atoms with Gasteiger partial charge in [0.15, 0.2) is 0 Å². The van der Waals surface area contributed by atoms with Gasteiger partial charge in [0.1, 0.15) is 0 Å². The van der Waals surface area contributed by atoms with Crippen molar-refractivity contribution in [3.8, 4) is 0 Å². The minimum Gasteiger partial charge on any atom is -0.308 e. The van der Waals surface area contributed by atoms with Crippen molar-refractivity contribution in [2.75, 3.05) is 27.2 Å². The van der Waals surface area contributed by atoms with Crippen LogP contribution in [0.5, 0.6) is 0 Å². The third kappa shape index (κ3) is 6.27. The summed E-state index contributed by atoms with van der Waals surface area (Å²) in [5, 5.41) is 3.36. The highest BCUT2D eigenvalue weighted by atomic mass is 15.1. The maximum atomic E-state index is 4.51. The Morgan fingerprint density at radius 1 is 1.47 bits per heavy atom. The molecule has 1 aromatic heterocycles.